The molecule has 0 saturated heterocycles. The highest BCUT2D eigenvalue weighted by molar-refractivity contribution is 6.08. The first kappa shape index (κ1) is 31.8. The summed E-state index contributed by atoms with van der Waals surface area (Å²) in [6, 6.07) is 8.23. The monoisotopic (exact) mass is 604 g/mol. The molecule has 0 unspecified atom stereocenters. The van der Waals surface area contributed by atoms with Crippen LogP contribution in [0.15, 0.2) is 55.1 Å². The lowest BCUT2D eigenvalue weighted by molar-refractivity contribution is 0.0939. The Morgan fingerprint density at radius 3 is 1.57 bits per heavy atom. The van der Waals surface area contributed by atoms with Crippen molar-refractivity contribution in [3.63, 3.8) is 0 Å². The van der Waals surface area contributed by atoms with Crippen LogP contribution in [0.3, 0.4) is 0 Å². The van der Waals surface area contributed by atoms with Gasteiger partial charge in [0.25, 0.3) is 23.6 Å². The summed E-state index contributed by atoms with van der Waals surface area (Å²) in [6.07, 6.45) is 7.61. The van der Waals surface area contributed by atoms with E-state index in [2.05, 4.69) is 26.2 Å². The molecule has 0 atom stereocenters. The standard InChI is InChI=1S/C30H40N10O4/c1-36(11-7-9-31)13-10-32-27(41)24-14-20(17-38(24)3)34-29(43)26-16-22(19-40(26)5)35-30(44)25-15-21(18-39(25)4)33-28(42)23-8-6-12-37(23)2/h6,8,12,14-19H,7,9-11,13,31H2,1-5H3,(H,32,41)(H,33,42)(H,34,43)(H,35,44). The molecule has 14 heteroatoms. The molecule has 4 aromatic heterocycles. The second kappa shape index (κ2) is 13.9. The van der Waals surface area contributed by atoms with Crippen molar-refractivity contribution in [2.45, 2.75) is 6.42 Å². The minimum Gasteiger partial charge on any atom is -0.349 e. The topological polar surface area (TPSA) is 165 Å². The number of aromatic nitrogens is 4. The highest BCUT2D eigenvalue weighted by atomic mass is 16.2. The Hall–Kier alpha value is -5.08. The van der Waals surface area contributed by atoms with E-state index in [-0.39, 0.29) is 11.8 Å². The van der Waals surface area contributed by atoms with Gasteiger partial charge in [0.15, 0.2) is 0 Å². The number of likely N-dealkylation sites (N-methyl/N-ethyl adjacent to an activating group) is 1. The molecule has 6 N–H and O–H groups in total. The number of amides is 4. The molecule has 4 heterocycles. The third-order valence-corrected chi connectivity index (χ3v) is 7.19. The fraction of sp³-hybridized carbons (Fsp3) is 0.333. The molecule has 0 spiro atoms. The molecule has 4 rings (SSSR count). The van der Waals surface area contributed by atoms with Gasteiger partial charge < -0.3 is 50.2 Å². The molecule has 4 amide bonds. The summed E-state index contributed by atoms with van der Waals surface area (Å²) in [7, 11) is 8.88. The van der Waals surface area contributed by atoms with Crippen molar-refractivity contribution >= 4 is 40.7 Å². The second-order valence-electron chi connectivity index (χ2n) is 10.7. The van der Waals surface area contributed by atoms with E-state index in [1.807, 2.05) is 7.05 Å². The van der Waals surface area contributed by atoms with Gasteiger partial charge in [0.1, 0.15) is 22.8 Å². The lowest BCUT2D eigenvalue weighted by Gasteiger charge is -2.16. The summed E-state index contributed by atoms with van der Waals surface area (Å²) in [5, 5.41) is 11.3. The minimum atomic E-state index is -0.409. The zero-order valence-electron chi connectivity index (χ0n) is 25.7. The van der Waals surface area contributed by atoms with Gasteiger partial charge in [-0.3, -0.25) is 19.2 Å². The Labute approximate surface area is 255 Å². The highest BCUT2D eigenvalue weighted by Crippen LogP contribution is 2.20. The van der Waals surface area contributed by atoms with Gasteiger partial charge >= 0.3 is 0 Å². The van der Waals surface area contributed by atoms with Crippen LogP contribution in [0.1, 0.15) is 48.4 Å². The van der Waals surface area contributed by atoms with Gasteiger partial charge in [-0.05, 0) is 56.9 Å². The van der Waals surface area contributed by atoms with Crippen LogP contribution >= 0.6 is 0 Å². The van der Waals surface area contributed by atoms with E-state index in [1.165, 1.54) is 0 Å². The number of hydrogen-bond donors (Lipinski definition) is 5. The summed E-state index contributed by atoms with van der Waals surface area (Å²) in [5.74, 6) is -1.35. The first-order chi connectivity index (χ1) is 21.0. The zero-order valence-corrected chi connectivity index (χ0v) is 25.7. The average Bonchev–Trinajstić information content (AvgIpc) is 3.74. The summed E-state index contributed by atoms with van der Waals surface area (Å²) in [5.41, 5.74) is 8.42. The molecule has 0 radical (unpaired) electrons. The van der Waals surface area contributed by atoms with E-state index in [4.69, 9.17) is 5.73 Å². The van der Waals surface area contributed by atoms with Gasteiger partial charge in [0.05, 0.1) is 17.1 Å². The molecule has 0 aromatic carbocycles. The molecule has 0 aliphatic heterocycles. The van der Waals surface area contributed by atoms with E-state index in [9.17, 15) is 19.2 Å². The largest absolute Gasteiger partial charge is 0.349 e. The summed E-state index contributed by atoms with van der Waals surface area (Å²) in [6.45, 7) is 2.66. The third-order valence-electron chi connectivity index (χ3n) is 7.19. The van der Waals surface area contributed by atoms with E-state index < -0.39 is 11.8 Å². The maximum absolute atomic E-state index is 13.1. The maximum Gasteiger partial charge on any atom is 0.272 e. The van der Waals surface area contributed by atoms with Crippen LogP contribution in [0.4, 0.5) is 17.1 Å². The van der Waals surface area contributed by atoms with Crippen LogP contribution in [0, 0.1) is 0 Å². The van der Waals surface area contributed by atoms with E-state index >= 15 is 0 Å². The van der Waals surface area contributed by atoms with Crippen molar-refractivity contribution in [1.29, 1.82) is 0 Å². The van der Waals surface area contributed by atoms with E-state index in [0.29, 0.717) is 59.5 Å². The average molecular weight is 605 g/mol. The second-order valence-corrected chi connectivity index (χ2v) is 10.7. The van der Waals surface area contributed by atoms with Crippen molar-refractivity contribution in [3.05, 3.63) is 77.9 Å². The molecule has 0 bridgehead atoms. The molecule has 14 nitrogen and oxygen atoms in total. The van der Waals surface area contributed by atoms with E-state index in [1.54, 1.807) is 102 Å². The number of hydrogen-bond acceptors (Lipinski definition) is 6. The number of aryl methyl sites for hydroxylation is 4. The van der Waals surface area contributed by atoms with Gasteiger partial charge in [-0.2, -0.15) is 0 Å². The number of carbonyl (C=O) groups is 4. The Morgan fingerprint density at radius 1 is 0.682 bits per heavy atom. The maximum atomic E-state index is 13.1. The van der Waals surface area contributed by atoms with E-state index in [0.717, 1.165) is 13.0 Å². The summed E-state index contributed by atoms with van der Waals surface area (Å²) >= 11 is 0. The quantitative estimate of drug-likeness (QED) is 0.156. The number of nitrogens with zero attached hydrogens (tertiary/aromatic N) is 5. The van der Waals surface area contributed by atoms with Crippen LogP contribution in [-0.2, 0) is 28.2 Å². The fourth-order valence-electron chi connectivity index (χ4n) is 4.78. The molecule has 234 valence electrons. The van der Waals surface area contributed by atoms with Crippen molar-refractivity contribution in [1.82, 2.24) is 28.5 Å². The Kier molecular flexibility index (Phi) is 10.1. The number of nitrogens with one attached hydrogen (secondary N) is 4. The molecule has 44 heavy (non-hydrogen) atoms. The lowest BCUT2D eigenvalue weighted by atomic mass is 10.3. The first-order valence-corrected chi connectivity index (χ1v) is 14.2. The Balaban J connectivity index is 1.34. The van der Waals surface area contributed by atoms with Crippen LogP contribution < -0.4 is 27.0 Å². The van der Waals surface area contributed by atoms with Gasteiger partial charge in [-0.15, -0.1) is 0 Å². The number of carbonyl (C=O) groups excluding carboxylic acids is 4. The van der Waals surface area contributed by atoms with Crippen LogP contribution in [0.2, 0.25) is 0 Å². The van der Waals surface area contributed by atoms with Crippen molar-refractivity contribution in [3.8, 4) is 0 Å². The first-order valence-electron chi connectivity index (χ1n) is 14.2. The molecule has 0 aliphatic carbocycles. The van der Waals surface area contributed by atoms with Crippen LogP contribution in [0.25, 0.3) is 0 Å². The van der Waals surface area contributed by atoms with Gasteiger partial charge in [0, 0.05) is 66.1 Å². The lowest BCUT2D eigenvalue weighted by Crippen LogP contribution is -2.34. The molecule has 0 fully saturated rings. The molecule has 0 aliphatic rings. The molecular formula is C30H40N10O4. The van der Waals surface area contributed by atoms with Gasteiger partial charge in [0.2, 0.25) is 0 Å². The smallest absolute Gasteiger partial charge is 0.272 e. The molecule has 4 aromatic rings. The fourth-order valence-corrected chi connectivity index (χ4v) is 4.78. The van der Waals surface area contributed by atoms with Crippen molar-refractivity contribution in [2.24, 2.45) is 33.9 Å². The van der Waals surface area contributed by atoms with Gasteiger partial charge in [-0.25, -0.2) is 0 Å². The SMILES string of the molecule is CN(CCCN)CCNC(=O)c1cc(NC(=O)c2cc(NC(=O)c3cc(NC(=O)c4cccn4C)cn3C)cn2C)cn1C. The number of anilines is 3. The molecule has 0 saturated carbocycles. The zero-order chi connectivity index (χ0) is 32.0. The van der Waals surface area contributed by atoms with Crippen LogP contribution in [-0.4, -0.2) is 80.0 Å². The Bertz CT molecular complexity index is 1660. The van der Waals surface area contributed by atoms with Gasteiger partial charge in [-0.1, -0.05) is 0 Å². The minimum absolute atomic E-state index is 0.243. The summed E-state index contributed by atoms with van der Waals surface area (Å²) in [4.78, 5) is 53.5. The normalized spacial score (nSPS) is 11.1. The third kappa shape index (κ3) is 7.65. The van der Waals surface area contributed by atoms with Crippen molar-refractivity contribution < 1.29 is 19.2 Å². The summed E-state index contributed by atoms with van der Waals surface area (Å²) < 4.78 is 6.56. The predicted octanol–water partition coefficient (Wildman–Crippen LogP) is 1.81. The Morgan fingerprint density at radius 2 is 1.14 bits per heavy atom. The highest BCUT2D eigenvalue weighted by Gasteiger charge is 2.19. The van der Waals surface area contributed by atoms with Crippen molar-refractivity contribution in [2.75, 3.05) is 49.2 Å². The predicted molar refractivity (Wildman–Crippen MR) is 169 cm³/mol. The number of rotatable bonds is 13. The molecular weight excluding hydrogens is 564 g/mol. The number of nitrogens with two attached hydrogens (primary N) is 1. The van der Waals surface area contributed by atoms with Crippen LogP contribution in [0.5, 0.6) is 0 Å².